The van der Waals surface area contributed by atoms with Gasteiger partial charge in [0.25, 0.3) is 10.0 Å². The molecule has 4 rings (SSSR count). The van der Waals surface area contributed by atoms with Gasteiger partial charge in [-0.25, -0.2) is 0 Å². The molecule has 3 aromatic carbocycles. The standard InChI is InChI=1S/C23H22N2O4S/c1-28-19-13-11-17(12-14-19)23-16-22(18-7-6-8-20(15-18)29-2)24-25(23)30(26,27)21-9-4-3-5-10-21/h3-15,23H,16H2,1-2H3. The van der Waals surface area contributed by atoms with E-state index >= 15 is 0 Å². The van der Waals surface area contributed by atoms with Crippen molar-refractivity contribution in [1.29, 1.82) is 0 Å². The second kappa shape index (κ2) is 8.20. The van der Waals surface area contributed by atoms with E-state index in [-0.39, 0.29) is 4.90 Å². The van der Waals surface area contributed by atoms with E-state index in [0.717, 1.165) is 11.1 Å². The fourth-order valence-electron chi connectivity index (χ4n) is 3.46. The van der Waals surface area contributed by atoms with Crippen LogP contribution in [0.15, 0.2) is 88.9 Å². The Labute approximate surface area is 176 Å². The summed E-state index contributed by atoms with van der Waals surface area (Å²) in [5, 5.41) is 4.56. The number of benzene rings is 3. The molecule has 0 fully saturated rings. The van der Waals surface area contributed by atoms with Crippen LogP contribution in [0.5, 0.6) is 11.5 Å². The first-order valence-corrected chi connectivity index (χ1v) is 10.9. The van der Waals surface area contributed by atoms with Gasteiger partial charge in [-0.05, 0) is 42.0 Å². The second-order valence-electron chi connectivity index (χ2n) is 6.86. The van der Waals surface area contributed by atoms with E-state index in [2.05, 4.69) is 5.10 Å². The van der Waals surface area contributed by atoms with Crippen LogP contribution in [0.25, 0.3) is 0 Å². The minimum atomic E-state index is -3.82. The van der Waals surface area contributed by atoms with Crippen molar-refractivity contribution < 1.29 is 17.9 Å². The van der Waals surface area contributed by atoms with Crippen LogP contribution in [0, 0.1) is 0 Å². The van der Waals surface area contributed by atoms with Gasteiger partial charge in [-0.15, -0.1) is 0 Å². The summed E-state index contributed by atoms with van der Waals surface area (Å²) in [6.07, 6.45) is 0.450. The summed E-state index contributed by atoms with van der Waals surface area (Å²) >= 11 is 0. The molecular formula is C23H22N2O4S. The van der Waals surface area contributed by atoms with E-state index in [1.165, 1.54) is 4.41 Å². The molecule has 0 amide bonds. The van der Waals surface area contributed by atoms with E-state index in [0.29, 0.717) is 23.6 Å². The van der Waals surface area contributed by atoms with Gasteiger partial charge in [0.1, 0.15) is 11.5 Å². The molecule has 1 heterocycles. The van der Waals surface area contributed by atoms with Gasteiger partial charge in [0, 0.05) is 12.0 Å². The fraction of sp³-hybridized carbons (Fsp3) is 0.174. The Kier molecular flexibility index (Phi) is 5.46. The molecule has 0 aliphatic carbocycles. The van der Waals surface area contributed by atoms with Crippen LogP contribution in [-0.4, -0.2) is 32.8 Å². The molecule has 0 aromatic heterocycles. The average molecular weight is 423 g/mol. The lowest BCUT2D eigenvalue weighted by Gasteiger charge is -2.23. The summed E-state index contributed by atoms with van der Waals surface area (Å²) < 4.78 is 38.6. The van der Waals surface area contributed by atoms with Gasteiger partial charge in [-0.3, -0.25) is 0 Å². The highest BCUT2D eigenvalue weighted by atomic mass is 32.2. The molecule has 0 spiro atoms. The summed E-state index contributed by atoms with van der Waals surface area (Å²) in [7, 11) is -0.628. The summed E-state index contributed by atoms with van der Waals surface area (Å²) in [5.41, 5.74) is 2.37. The molecule has 0 saturated carbocycles. The molecule has 6 nitrogen and oxygen atoms in total. The highest BCUT2D eigenvalue weighted by Crippen LogP contribution is 2.38. The van der Waals surface area contributed by atoms with Crippen LogP contribution in [0.3, 0.4) is 0 Å². The van der Waals surface area contributed by atoms with Gasteiger partial charge in [0.2, 0.25) is 0 Å². The Balaban J connectivity index is 1.78. The van der Waals surface area contributed by atoms with Crippen molar-refractivity contribution in [3.8, 4) is 11.5 Å². The number of sulfonamides is 1. The molecule has 1 aliphatic heterocycles. The minimum absolute atomic E-state index is 0.208. The molecule has 1 aliphatic rings. The number of nitrogens with zero attached hydrogens (tertiary/aromatic N) is 2. The zero-order chi connectivity index (χ0) is 21.1. The molecule has 0 saturated heterocycles. The second-order valence-corrected chi connectivity index (χ2v) is 8.66. The molecule has 3 aromatic rings. The van der Waals surface area contributed by atoms with E-state index in [1.807, 2.05) is 48.5 Å². The monoisotopic (exact) mass is 422 g/mol. The zero-order valence-corrected chi connectivity index (χ0v) is 17.5. The predicted molar refractivity (Wildman–Crippen MR) is 115 cm³/mol. The Morgan fingerprint density at radius 1 is 0.867 bits per heavy atom. The molecule has 1 atom stereocenters. The first-order chi connectivity index (χ1) is 14.5. The third-order valence-corrected chi connectivity index (χ3v) is 6.76. The Hall–Kier alpha value is -3.32. The quantitative estimate of drug-likeness (QED) is 0.596. The van der Waals surface area contributed by atoms with Crippen molar-refractivity contribution in [2.24, 2.45) is 5.10 Å². The molecule has 7 heteroatoms. The third kappa shape index (κ3) is 3.76. The molecule has 154 valence electrons. The largest absolute Gasteiger partial charge is 0.497 e. The highest BCUT2D eigenvalue weighted by molar-refractivity contribution is 7.89. The van der Waals surface area contributed by atoms with E-state index in [4.69, 9.17) is 9.47 Å². The van der Waals surface area contributed by atoms with Crippen molar-refractivity contribution >= 4 is 15.7 Å². The predicted octanol–water partition coefficient (Wildman–Crippen LogP) is 4.24. The van der Waals surface area contributed by atoms with Crippen LogP contribution in [0.1, 0.15) is 23.6 Å². The van der Waals surface area contributed by atoms with Crippen LogP contribution in [-0.2, 0) is 10.0 Å². The molecule has 0 bridgehead atoms. The van der Waals surface area contributed by atoms with E-state index < -0.39 is 16.1 Å². The molecular weight excluding hydrogens is 400 g/mol. The van der Waals surface area contributed by atoms with Crippen LogP contribution >= 0.6 is 0 Å². The summed E-state index contributed by atoms with van der Waals surface area (Å²) in [6, 6.07) is 22.8. The van der Waals surface area contributed by atoms with Crippen LogP contribution in [0.4, 0.5) is 0 Å². The van der Waals surface area contributed by atoms with Gasteiger partial charge in [-0.1, -0.05) is 42.5 Å². The van der Waals surface area contributed by atoms with Gasteiger partial charge in [-0.2, -0.15) is 17.9 Å². The lowest BCUT2D eigenvalue weighted by molar-refractivity contribution is 0.370. The maximum absolute atomic E-state index is 13.4. The topological polar surface area (TPSA) is 68.2 Å². The smallest absolute Gasteiger partial charge is 0.279 e. The van der Waals surface area contributed by atoms with E-state index in [9.17, 15) is 8.42 Å². The third-order valence-electron chi connectivity index (χ3n) is 5.06. The van der Waals surface area contributed by atoms with E-state index in [1.54, 1.807) is 44.6 Å². The van der Waals surface area contributed by atoms with Gasteiger partial charge < -0.3 is 9.47 Å². The molecule has 0 N–H and O–H groups in total. The molecule has 1 unspecified atom stereocenters. The number of hydrazone groups is 1. The van der Waals surface area contributed by atoms with Crippen molar-refractivity contribution in [2.45, 2.75) is 17.4 Å². The van der Waals surface area contributed by atoms with Crippen molar-refractivity contribution in [1.82, 2.24) is 4.41 Å². The highest BCUT2D eigenvalue weighted by Gasteiger charge is 2.37. The Morgan fingerprint density at radius 3 is 2.23 bits per heavy atom. The van der Waals surface area contributed by atoms with Gasteiger partial charge in [0.05, 0.1) is 30.9 Å². The number of rotatable bonds is 6. The number of ether oxygens (including phenoxy) is 2. The maximum atomic E-state index is 13.4. The lowest BCUT2D eigenvalue weighted by atomic mass is 9.99. The number of methoxy groups -OCH3 is 2. The van der Waals surface area contributed by atoms with Crippen molar-refractivity contribution in [2.75, 3.05) is 14.2 Å². The zero-order valence-electron chi connectivity index (χ0n) is 16.7. The first kappa shape index (κ1) is 20.0. The summed E-state index contributed by atoms with van der Waals surface area (Å²) in [4.78, 5) is 0.208. The van der Waals surface area contributed by atoms with Gasteiger partial charge in [0.15, 0.2) is 0 Å². The first-order valence-electron chi connectivity index (χ1n) is 9.48. The molecule has 0 radical (unpaired) electrons. The van der Waals surface area contributed by atoms with Crippen LogP contribution in [0.2, 0.25) is 0 Å². The van der Waals surface area contributed by atoms with Crippen molar-refractivity contribution in [3.63, 3.8) is 0 Å². The molecule has 30 heavy (non-hydrogen) atoms. The maximum Gasteiger partial charge on any atom is 0.279 e. The normalized spacial score (nSPS) is 16.3. The fourth-order valence-corrected chi connectivity index (χ4v) is 4.92. The number of hydrogen-bond donors (Lipinski definition) is 0. The summed E-state index contributed by atoms with van der Waals surface area (Å²) in [6.45, 7) is 0. The SMILES string of the molecule is COc1ccc(C2CC(c3cccc(OC)c3)=NN2S(=O)(=O)c2ccccc2)cc1. The Bertz CT molecular complexity index is 1160. The van der Waals surface area contributed by atoms with Crippen LogP contribution < -0.4 is 9.47 Å². The van der Waals surface area contributed by atoms with Gasteiger partial charge >= 0.3 is 0 Å². The van der Waals surface area contributed by atoms with Crippen molar-refractivity contribution in [3.05, 3.63) is 90.0 Å². The average Bonchev–Trinajstić information content (AvgIpc) is 3.26. The minimum Gasteiger partial charge on any atom is -0.497 e. The Morgan fingerprint density at radius 2 is 1.57 bits per heavy atom. The number of hydrogen-bond acceptors (Lipinski definition) is 5. The summed E-state index contributed by atoms with van der Waals surface area (Å²) in [5.74, 6) is 1.41. The lowest BCUT2D eigenvalue weighted by Crippen LogP contribution is -2.27.